The summed E-state index contributed by atoms with van der Waals surface area (Å²) in [6.45, 7) is 3.43. The van der Waals surface area contributed by atoms with Gasteiger partial charge in [-0.3, -0.25) is 0 Å². The van der Waals surface area contributed by atoms with E-state index in [0.717, 1.165) is 42.5 Å². The Balaban J connectivity index is 1.67. The number of nitrogens with zero attached hydrogens (tertiary/aromatic N) is 2. The van der Waals surface area contributed by atoms with E-state index in [4.69, 9.17) is 23.8 Å². The summed E-state index contributed by atoms with van der Waals surface area (Å²) in [5.74, 6) is 0.241. The lowest BCUT2D eigenvalue weighted by atomic mass is 10.1. The molecule has 114 valence electrons. The average Bonchev–Trinajstić information content (AvgIpc) is 2.55. The number of para-hydroxylation sites is 1. The summed E-state index contributed by atoms with van der Waals surface area (Å²) in [5, 5.41) is 10.7. The molecule has 1 saturated heterocycles. The molecule has 5 heteroatoms. The number of hydrogen-bond donors (Lipinski definition) is 1. The van der Waals surface area contributed by atoms with E-state index in [1.807, 2.05) is 30.3 Å². The van der Waals surface area contributed by atoms with Crippen LogP contribution in [0.3, 0.4) is 0 Å². The lowest BCUT2D eigenvalue weighted by Gasteiger charge is -2.37. The molecule has 2 aromatic rings. The van der Waals surface area contributed by atoms with Crippen molar-refractivity contribution in [1.82, 2.24) is 4.90 Å². The van der Waals surface area contributed by atoms with Gasteiger partial charge in [0.15, 0.2) is 0 Å². The zero-order chi connectivity index (χ0) is 15.5. The number of rotatable bonds is 2. The largest absolute Gasteiger partial charge is 0.507 e. The maximum absolute atomic E-state index is 9.93. The normalized spacial score (nSPS) is 15.0. The van der Waals surface area contributed by atoms with Gasteiger partial charge in [-0.2, -0.15) is 0 Å². The molecule has 22 heavy (non-hydrogen) atoms. The monoisotopic (exact) mass is 332 g/mol. The van der Waals surface area contributed by atoms with Crippen LogP contribution in [0.25, 0.3) is 0 Å². The van der Waals surface area contributed by atoms with Gasteiger partial charge in [0, 0.05) is 36.9 Å². The van der Waals surface area contributed by atoms with E-state index in [2.05, 4.69) is 15.9 Å². The van der Waals surface area contributed by atoms with Gasteiger partial charge in [0.05, 0.1) is 5.56 Å². The number of halogens is 1. The van der Waals surface area contributed by atoms with Crippen molar-refractivity contribution in [3.8, 4) is 5.75 Å². The molecule has 1 fully saturated rings. The van der Waals surface area contributed by atoms with Crippen LogP contribution in [0.5, 0.6) is 5.75 Å². The third-order valence-corrected chi connectivity index (χ3v) is 4.59. The summed E-state index contributed by atoms with van der Waals surface area (Å²) < 4.78 is 0. The second-order valence-corrected chi connectivity index (χ2v) is 6.10. The van der Waals surface area contributed by atoms with Crippen LogP contribution in [0.1, 0.15) is 5.56 Å². The van der Waals surface area contributed by atoms with Gasteiger partial charge in [0.1, 0.15) is 10.7 Å². The summed E-state index contributed by atoms with van der Waals surface area (Å²) >= 11 is 11.6. The SMILES string of the molecule is Oc1ccccc1C(=S)N1CCN(c2cccc(Cl)c2)CC1. The van der Waals surface area contributed by atoms with Crippen molar-refractivity contribution >= 4 is 34.5 Å². The molecule has 0 spiro atoms. The van der Waals surface area contributed by atoms with E-state index in [-0.39, 0.29) is 5.75 Å². The first kappa shape index (κ1) is 15.1. The molecule has 0 unspecified atom stereocenters. The first-order valence-corrected chi connectivity index (χ1v) is 8.01. The van der Waals surface area contributed by atoms with Gasteiger partial charge in [0.25, 0.3) is 0 Å². The lowest BCUT2D eigenvalue weighted by Crippen LogP contribution is -2.48. The maximum atomic E-state index is 9.93. The molecule has 3 nitrogen and oxygen atoms in total. The van der Waals surface area contributed by atoms with Crippen molar-refractivity contribution < 1.29 is 5.11 Å². The van der Waals surface area contributed by atoms with E-state index in [1.165, 1.54) is 0 Å². The minimum absolute atomic E-state index is 0.241. The third kappa shape index (κ3) is 3.18. The highest BCUT2D eigenvalue weighted by molar-refractivity contribution is 7.80. The number of aromatic hydroxyl groups is 1. The molecular weight excluding hydrogens is 316 g/mol. The summed E-state index contributed by atoms with van der Waals surface area (Å²) in [6, 6.07) is 15.1. The highest BCUT2D eigenvalue weighted by Crippen LogP contribution is 2.23. The Bertz CT molecular complexity index is 684. The Hall–Kier alpha value is -1.78. The number of piperazine rings is 1. The van der Waals surface area contributed by atoms with Crippen LogP contribution in [-0.2, 0) is 0 Å². The summed E-state index contributed by atoms with van der Waals surface area (Å²) in [6.07, 6.45) is 0. The van der Waals surface area contributed by atoms with Gasteiger partial charge >= 0.3 is 0 Å². The molecule has 3 rings (SSSR count). The Morgan fingerprint density at radius 2 is 1.73 bits per heavy atom. The summed E-state index contributed by atoms with van der Waals surface area (Å²) in [7, 11) is 0. The molecule has 2 aromatic carbocycles. The molecule has 0 aromatic heterocycles. The van der Waals surface area contributed by atoms with E-state index < -0.39 is 0 Å². The highest BCUT2D eigenvalue weighted by atomic mass is 35.5. The van der Waals surface area contributed by atoms with Gasteiger partial charge in [-0.15, -0.1) is 0 Å². The van der Waals surface area contributed by atoms with Crippen LogP contribution >= 0.6 is 23.8 Å². The van der Waals surface area contributed by atoms with E-state index in [1.54, 1.807) is 12.1 Å². The van der Waals surface area contributed by atoms with Gasteiger partial charge in [-0.25, -0.2) is 0 Å². The van der Waals surface area contributed by atoms with Crippen molar-refractivity contribution in [2.24, 2.45) is 0 Å². The Labute approximate surface area is 140 Å². The Morgan fingerprint density at radius 1 is 1.00 bits per heavy atom. The van der Waals surface area contributed by atoms with Crippen LogP contribution in [-0.4, -0.2) is 41.2 Å². The quantitative estimate of drug-likeness (QED) is 0.851. The van der Waals surface area contributed by atoms with Gasteiger partial charge < -0.3 is 14.9 Å². The van der Waals surface area contributed by atoms with Crippen LogP contribution < -0.4 is 4.90 Å². The first-order valence-electron chi connectivity index (χ1n) is 7.23. The van der Waals surface area contributed by atoms with Crippen LogP contribution in [0.2, 0.25) is 5.02 Å². The summed E-state index contributed by atoms with van der Waals surface area (Å²) in [4.78, 5) is 5.16. The number of phenolic OH excluding ortho intramolecular Hbond substituents is 1. The predicted octanol–water partition coefficient (Wildman–Crippen LogP) is 3.54. The second kappa shape index (κ2) is 6.55. The molecule has 0 aliphatic carbocycles. The first-order chi connectivity index (χ1) is 10.6. The molecule has 1 aliphatic rings. The van der Waals surface area contributed by atoms with Crippen molar-refractivity contribution in [2.75, 3.05) is 31.1 Å². The molecule has 0 atom stereocenters. The molecule has 1 N–H and O–H groups in total. The number of phenols is 1. The van der Waals surface area contributed by atoms with Gasteiger partial charge in [0.2, 0.25) is 0 Å². The summed E-state index contributed by atoms with van der Waals surface area (Å²) in [5.41, 5.74) is 1.87. The predicted molar refractivity (Wildman–Crippen MR) is 95.0 cm³/mol. The molecule has 0 radical (unpaired) electrons. The highest BCUT2D eigenvalue weighted by Gasteiger charge is 2.21. The van der Waals surface area contributed by atoms with E-state index >= 15 is 0 Å². The fraction of sp³-hybridized carbons (Fsp3) is 0.235. The molecule has 0 bridgehead atoms. The molecule has 0 amide bonds. The van der Waals surface area contributed by atoms with E-state index in [0.29, 0.717) is 4.99 Å². The average molecular weight is 333 g/mol. The van der Waals surface area contributed by atoms with Crippen LogP contribution in [0.15, 0.2) is 48.5 Å². The third-order valence-electron chi connectivity index (χ3n) is 3.87. The van der Waals surface area contributed by atoms with Crippen molar-refractivity contribution in [1.29, 1.82) is 0 Å². The number of anilines is 1. The van der Waals surface area contributed by atoms with Crippen LogP contribution in [0.4, 0.5) is 5.69 Å². The Morgan fingerprint density at radius 3 is 2.41 bits per heavy atom. The standard InChI is InChI=1S/C17H17ClN2OS/c18-13-4-3-5-14(12-13)19-8-10-20(11-9-19)17(22)15-6-1-2-7-16(15)21/h1-7,12,21H,8-11H2. The minimum Gasteiger partial charge on any atom is -0.507 e. The molecular formula is C17H17ClN2OS. The molecule has 0 saturated carbocycles. The maximum Gasteiger partial charge on any atom is 0.125 e. The van der Waals surface area contributed by atoms with Crippen LogP contribution in [0, 0.1) is 0 Å². The van der Waals surface area contributed by atoms with Crippen molar-refractivity contribution in [3.63, 3.8) is 0 Å². The lowest BCUT2D eigenvalue weighted by molar-refractivity contribution is 0.390. The smallest absolute Gasteiger partial charge is 0.125 e. The zero-order valence-electron chi connectivity index (χ0n) is 12.1. The van der Waals surface area contributed by atoms with Gasteiger partial charge in [-0.05, 0) is 30.3 Å². The minimum atomic E-state index is 0.241. The molecule has 1 heterocycles. The fourth-order valence-corrected chi connectivity index (χ4v) is 3.21. The van der Waals surface area contributed by atoms with E-state index in [9.17, 15) is 5.11 Å². The molecule has 1 aliphatic heterocycles. The second-order valence-electron chi connectivity index (χ2n) is 5.28. The number of benzene rings is 2. The zero-order valence-corrected chi connectivity index (χ0v) is 13.6. The van der Waals surface area contributed by atoms with Crippen molar-refractivity contribution in [2.45, 2.75) is 0 Å². The fourth-order valence-electron chi connectivity index (χ4n) is 2.67. The van der Waals surface area contributed by atoms with Crippen molar-refractivity contribution in [3.05, 3.63) is 59.1 Å². The number of hydrogen-bond acceptors (Lipinski definition) is 3. The number of thiocarbonyl (C=S) groups is 1. The Kier molecular flexibility index (Phi) is 4.50. The topological polar surface area (TPSA) is 26.7 Å². The van der Waals surface area contributed by atoms with Gasteiger partial charge in [-0.1, -0.05) is 42.0 Å².